The number of carbonyl (C=O) groups excluding carboxylic acids is 1. The molecular weight excluding hydrogens is 332 g/mol. The van der Waals surface area contributed by atoms with Gasteiger partial charge in [0.1, 0.15) is 0 Å². The summed E-state index contributed by atoms with van der Waals surface area (Å²) in [6, 6.07) is 0.439. The molecule has 0 spiro atoms. The van der Waals surface area contributed by atoms with E-state index in [0.717, 1.165) is 58.2 Å². The van der Waals surface area contributed by atoms with Crippen LogP contribution in [0.2, 0.25) is 0 Å². The number of ether oxygens (including phenoxy) is 2. The Balaban J connectivity index is 2.50. The molecule has 1 fully saturated rings. The number of carbonyl (C=O) groups is 1. The van der Waals surface area contributed by atoms with Crippen LogP contribution in [0, 0.1) is 5.92 Å². The Hall–Kier alpha value is -1.34. The zero-order valence-electron chi connectivity index (χ0n) is 17.1. The molecule has 0 radical (unpaired) electrons. The lowest BCUT2D eigenvalue weighted by Gasteiger charge is -2.34. The standard InChI is InChI=1S/C19H38N4O3/c1-5-20-19(21-9-7-8-18(24)26-6-2)22-15-17(14-16(3)4)23-10-12-25-13-11-23/h16-17H,5-15H2,1-4H3,(H2,20,21,22). The second-order valence-electron chi connectivity index (χ2n) is 6.99. The number of hydrogen-bond acceptors (Lipinski definition) is 5. The molecule has 0 amide bonds. The second-order valence-corrected chi connectivity index (χ2v) is 6.99. The lowest BCUT2D eigenvalue weighted by molar-refractivity contribution is -0.143. The SMILES string of the molecule is CCNC(=NCC(CC(C)C)N1CCOCC1)NCCCC(=O)OCC. The maximum Gasteiger partial charge on any atom is 0.305 e. The summed E-state index contributed by atoms with van der Waals surface area (Å²) in [5.74, 6) is 1.32. The number of hydrogen-bond donors (Lipinski definition) is 2. The Labute approximate surface area is 158 Å². The van der Waals surface area contributed by atoms with Crippen LogP contribution in [0.25, 0.3) is 0 Å². The van der Waals surface area contributed by atoms with Crippen molar-refractivity contribution < 1.29 is 14.3 Å². The Morgan fingerprint density at radius 3 is 2.58 bits per heavy atom. The number of guanidine groups is 1. The van der Waals surface area contributed by atoms with Crippen LogP contribution in [0.5, 0.6) is 0 Å². The maximum absolute atomic E-state index is 11.4. The predicted molar refractivity (Wildman–Crippen MR) is 105 cm³/mol. The number of esters is 1. The molecule has 1 saturated heterocycles. The minimum Gasteiger partial charge on any atom is -0.466 e. The van der Waals surface area contributed by atoms with Gasteiger partial charge in [0.15, 0.2) is 5.96 Å². The number of aliphatic imine (C=N–C) groups is 1. The first kappa shape index (κ1) is 22.7. The summed E-state index contributed by atoms with van der Waals surface area (Å²) in [5, 5.41) is 6.60. The summed E-state index contributed by atoms with van der Waals surface area (Å²) in [7, 11) is 0. The smallest absolute Gasteiger partial charge is 0.305 e. The largest absolute Gasteiger partial charge is 0.466 e. The number of morpholine rings is 1. The fourth-order valence-corrected chi connectivity index (χ4v) is 3.04. The lowest BCUT2D eigenvalue weighted by Crippen LogP contribution is -2.46. The fraction of sp³-hybridized carbons (Fsp3) is 0.895. The highest BCUT2D eigenvalue weighted by Crippen LogP contribution is 2.14. The van der Waals surface area contributed by atoms with Gasteiger partial charge >= 0.3 is 5.97 Å². The third-order valence-corrected chi connectivity index (χ3v) is 4.27. The van der Waals surface area contributed by atoms with Crippen molar-refractivity contribution in [3.8, 4) is 0 Å². The normalized spacial score (nSPS) is 17.2. The molecule has 1 heterocycles. The van der Waals surface area contributed by atoms with Crippen LogP contribution >= 0.6 is 0 Å². The van der Waals surface area contributed by atoms with Crippen LogP contribution in [0.3, 0.4) is 0 Å². The summed E-state index contributed by atoms with van der Waals surface area (Å²) in [6.45, 7) is 14.7. The van der Waals surface area contributed by atoms with Crippen molar-refractivity contribution in [1.29, 1.82) is 0 Å². The fourth-order valence-electron chi connectivity index (χ4n) is 3.04. The van der Waals surface area contributed by atoms with Gasteiger partial charge in [0, 0.05) is 38.6 Å². The monoisotopic (exact) mass is 370 g/mol. The highest BCUT2D eigenvalue weighted by atomic mass is 16.5. The van der Waals surface area contributed by atoms with E-state index in [4.69, 9.17) is 14.5 Å². The van der Waals surface area contributed by atoms with E-state index in [9.17, 15) is 4.79 Å². The predicted octanol–water partition coefficient (Wildman–Crippen LogP) is 1.63. The van der Waals surface area contributed by atoms with Crippen LogP contribution < -0.4 is 10.6 Å². The number of nitrogens with zero attached hydrogens (tertiary/aromatic N) is 2. The minimum atomic E-state index is -0.138. The van der Waals surface area contributed by atoms with E-state index in [2.05, 4.69) is 36.3 Å². The van der Waals surface area contributed by atoms with Gasteiger partial charge in [-0.25, -0.2) is 0 Å². The molecule has 1 aliphatic rings. The summed E-state index contributed by atoms with van der Waals surface area (Å²) >= 11 is 0. The zero-order valence-corrected chi connectivity index (χ0v) is 17.1. The Morgan fingerprint density at radius 1 is 1.23 bits per heavy atom. The van der Waals surface area contributed by atoms with Gasteiger partial charge in [0.05, 0.1) is 26.4 Å². The van der Waals surface area contributed by atoms with Gasteiger partial charge < -0.3 is 20.1 Å². The molecule has 7 heteroatoms. The number of rotatable bonds is 11. The van der Waals surface area contributed by atoms with E-state index < -0.39 is 0 Å². The summed E-state index contributed by atoms with van der Waals surface area (Å²) in [6.07, 6.45) is 2.30. The van der Waals surface area contributed by atoms with Crippen molar-refractivity contribution in [2.75, 3.05) is 52.5 Å². The van der Waals surface area contributed by atoms with Crippen molar-refractivity contribution in [3.63, 3.8) is 0 Å². The molecule has 0 aliphatic carbocycles. The molecule has 152 valence electrons. The van der Waals surface area contributed by atoms with Gasteiger partial charge in [-0.15, -0.1) is 0 Å². The topological polar surface area (TPSA) is 75.2 Å². The highest BCUT2D eigenvalue weighted by molar-refractivity contribution is 5.79. The van der Waals surface area contributed by atoms with E-state index in [-0.39, 0.29) is 5.97 Å². The van der Waals surface area contributed by atoms with Crippen molar-refractivity contribution in [2.45, 2.75) is 53.0 Å². The first-order chi connectivity index (χ1) is 12.6. The molecule has 2 N–H and O–H groups in total. The van der Waals surface area contributed by atoms with Crippen molar-refractivity contribution in [3.05, 3.63) is 0 Å². The molecule has 1 unspecified atom stereocenters. The molecule has 0 aromatic rings. The summed E-state index contributed by atoms with van der Waals surface area (Å²) in [4.78, 5) is 18.7. The van der Waals surface area contributed by atoms with Gasteiger partial charge in [0.25, 0.3) is 0 Å². The zero-order chi connectivity index (χ0) is 19.2. The van der Waals surface area contributed by atoms with Gasteiger partial charge in [-0.05, 0) is 32.6 Å². The van der Waals surface area contributed by atoms with Crippen molar-refractivity contribution in [1.82, 2.24) is 15.5 Å². The molecule has 7 nitrogen and oxygen atoms in total. The van der Waals surface area contributed by atoms with E-state index in [0.29, 0.717) is 31.5 Å². The molecule has 1 atom stereocenters. The molecule has 1 rings (SSSR count). The van der Waals surface area contributed by atoms with Crippen LogP contribution in [0.4, 0.5) is 0 Å². The maximum atomic E-state index is 11.4. The van der Waals surface area contributed by atoms with Crippen LogP contribution in [-0.4, -0.2) is 75.4 Å². The van der Waals surface area contributed by atoms with E-state index in [1.54, 1.807) is 0 Å². The first-order valence-corrected chi connectivity index (χ1v) is 10.1. The minimum absolute atomic E-state index is 0.138. The number of nitrogens with one attached hydrogen (secondary N) is 2. The van der Waals surface area contributed by atoms with Crippen LogP contribution in [0.15, 0.2) is 4.99 Å². The van der Waals surface area contributed by atoms with E-state index >= 15 is 0 Å². The first-order valence-electron chi connectivity index (χ1n) is 10.1. The van der Waals surface area contributed by atoms with Gasteiger partial charge in [-0.2, -0.15) is 0 Å². The molecule has 0 aromatic heterocycles. The molecule has 26 heavy (non-hydrogen) atoms. The highest BCUT2D eigenvalue weighted by Gasteiger charge is 2.21. The van der Waals surface area contributed by atoms with Crippen molar-refractivity contribution >= 4 is 11.9 Å². The summed E-state index contributed by atoms with van der Waals surface area (Å²) in [5.41, 5.74) is 0. The molecule has 0 saturated carbocycles. The van der Waals surface area contributed by atoms with Crippen LogP contribution in [-0.2, 0) is 14.3 Å². The van der Waals surface area contributed by atoms with Gasteiger partial charge in [-0.1, -0.05) is 13.8 Å². The Morgan fingerprint density at radius 2 is 1.96 bits per heavy atom. The third kappa shape index (κ3) is 9.97. The molecule has 0 aromatic carbocycles. The average molecular weight is 371 g/mol. The van der Waals surface area contributed by atoms with Gasteiger partial charge in [-0.3, -0.25) is 14.7 Å². The van der Waals surface area contributed by atoms with E-state index in [1.165, 1.54) is 0 Å². The quantitative estimate of drug-likeness (QED) is 0.249. The molecule has 1 aliphatic heterocycles. The Bertz CT molecular complexity index is 410. The lowest BCUT2D eigenvalue weighted by atomic mass is 10.0. The van der Waals surface area contributed by atoms with Crippen LogP contribution in [0.1, 0.15) is 47.0 Å². The average Bonchev–Trinajstić information content (AvgIpc) is 2.62. The summed E-state index contributed by atoms with van der Waals surface area (Å²) < 4.78 is 10.4. The molecular formula is C19H38N4O3. The Kier molecular flexibility index (Phi) is 12.1. The third-order valence-electron chi connectivity index (χ3n) is 4.27. The van der Waals surface area contributed by atoms with Gasteiger partial charge in [0.2, 0.25) is 0 Å². The van der Waals surface area contributed by atoms with Crippen molar-refractivity contribution in [2.24, 2.45) is 10.9 Å². The second kappa shape index (κ2) is 13.8. The molecule has 0 bridgehead atoms. The van der Waals surface area contributed by atoms with E-state index in [1.807, 2.05) is 6.92 Å².